The maximum atomic E-state index is 13.7. The summed E-state index contributed by atoms with van der Waals surface area (Å²) in [5, 5.41) is 22.4. The van der Waals surface area contributed by atoms with Gasteiger partial charge in [-0.2, -0.15) is 18.2 Å². The molecule has 0 spiro atoms. The molecular weight excluding hydrogens is 444 g/mol. The highest BCUT2D eigenvalue weighted by Gasteiger charge is 2.33. The first kappa shape index (κ1) is 23.9. The van der Waals surface area contributed by atoms with Crippen molar-refractivity contribution in [1.82, 2.24) is 20.2 Å². The van der Waals surface area contributed by atoms with E-state index in [-0.39, 0.29) is 17.9 Å². The summed E-state index contributed by atoms with van der Waals surface area (Å²) >= 11 is 0. The van der Waals surface area contributed by atoms with Crippen LogP contribution in [0.1, 0.15) is 27.2 Å². The first-order chi connectivity index (χ1) is 15.5. The quantitative estimate of drug-likeness (QED) is 0.481. The largest absolute Gasteiger partial charge is 0.501 e. The summed E-state index contributed by atoms with van der Waals surface area (Å²) in [6.45, 7) is 0.278. The number of nitrogens with zero attached hydrogens (tertiary/aromatic N) is 3. The number of aromatic hydroxyl groups is 2. The van der Waals surface area contributed by atoms with E-state index < -0.39 is 40.8 Å². The average molecular weight is 464 g/mol. The highest BCUT2D eigenvalue weighted by Crippen LogP contribution is 2.32. The third kappa shape index (κ3) is 5.75. The van der Waals surface area contributed by atoms with Crippen LogP contribution in [-0.2, 0) is 19.3 Å². The Kier molecular flexibility index (Phi) is 6.82. The number of amides is 1. The summed E-state index contributed by atoms with van der Waals surface area (Å²) in [6.07, 6.45) is -4.84. The molecule has 1 amide bonds. The number of nitrogens with one attached hydrogen (secondary N) is 1. The molecule has 0 saturated carbocycles. The number of carbonyl (C=O) groups excluding carboxylic acids is 1. The Hall–Kier alpha value is -3.73. The van der Waals surface area contributed by atoms with Gasteiger partial charge in [-0.1, -0.05) is 24.3 Å². The van der Waals surface area contributed by atoms with Gasteiger partial charge in [0.25, 0.3) is 11.8 Å². The first-order valence-electron chi connectivity index (χ1n) is 9.63. The number of hydrogen-bond acceptors (Lipinski definition) is 6. The van der Waals surface area contributed by atoms with Crippen molar-refractivity contribution in [3.8, 4) is 23.0 Å². The number of rotatable bonds is 6. The lowest BCUT2D eigenvalue weighted by Crippen LogP contribution is -2.24. The molecule has 0 saturated heterocycles. The molecular formula is C22H20F4N4O3. The zero-order valence-corrected chi connectivity index (χ0v) is 17.6. The Morgan fingerprint density at radius 2 is 1.79 bits per heavy atom. The average Bonchev–Trinajstić information content (AvgIpc) is 2.72. The summed E-state index contributed by atoms with van der Waals surface area (Å²) in [7, 11) is 3.78. The molecule has 0 aliphatic heterocycles. The molecule has 33 heavy (non-hydrogen) atoms. The highest BCUT2D eigenvalue weighted by atomic mass is 19.4. The van der Waals surface area contributed by atoms with Gasteiger partial charge in [-0.3, -0.25) is 4.79 Å². The molecule has 3 rings (SSSR count). The third-order valence-electron chi connectivity index (χ3n) is 4.56. The maximum Gasteiger partial charge on any atom is 0.419 e. The van der Waals surface area contributed by atoms with Gasteiger partial charge < -0.3 is 20.4 Å². The van der Waals surface area contributed by atoms with Crippen LogP contribution in [0.25, 0.3) is 11.4 Å². The lowest BCUT2D eigenvalue weighted by molar-refractivity contribution is -0.140. The van der Waals surface area contributed by atoms with Crippen LogP contribution >= 0.6 is 0 Å². The van der Waals surface area contributed by atoms with Crippen LogP contribution in [0, 0.1) is 5.82 Å². The first-order valence-corrected chi connectivity index (χ1v) is 9.63. The fourth-order valence-electron chi connectivity index (χ4n) is 3.07. The van der Waals surface area contributed by atoms with Crippen LogP contribution in [0.15, 0.2) is 42.5 Å². The second kappa shape index (κ2) is 9.41. The van der Waals surface area contributed by atoms with E-state index in [2.05, 4.69) is 15.3 Å². The van der Waals surface area contributed by atoms with E-state index >= 15 is 0 Å². The Morgan fingerprint density at radius 3 is 2.42 bits per heavy atom. The molecule has 0 unspecified atom stereocenters. The van der Waals surface area contributed by atoms with E-state index in [4.69, 9.17) is 0 Å². The smallest absolute Gasteiger partial charge is 0.419 e. The molecule has 3 aromatic rings. The van der Waals surface area contributed by atoms with Gasteiger partial charge >= 0.3 is 6.18 Å². The van der Waals surface area contributed by atoms with E-state index in [1.807, 2.05) is 25.1 Å². The molecule has 0 bridgehead atoms. The van der Waals surface area contributed by atoms with Crippen LogP contribution in [-0.4, -0.2) is 45.1 Å². The molecule has 1 heterocycles. The zero-order valence-electron chi connectivity index (χ0n) is 17.6. The lowest BCUT2D eigenvalue weighted by atomic mass is 10.1. The van der Waals surface area contributed by atoms with E-state index in [9.17, 15) is 32.6 Å². The molecule has 0 radical (unpaired) electrons. The van der Waals surface area contributed by atoms with Crippen LogP contribution in [0.2, 0.25) is 0 Å². The summed E-state index contributed by atoms with van der Waals surface area (Å²) in [5.74, 6) is -4.10. The van der Waals surface area contributed by atoms with E-state index in [0.717, 1.165) is 11.6 Å². The summed E-state index contributed by atoms with van der Waals surface area (Å²) in [5.41, 5.74) is -0.490. The van der Waals surface area contributed by atoms with E-state index in [1.54, 1.807) is 18.2 Å². The molecule has 0 aliphatic rings. The molecule has 0 atom stereocenters. The summed E-state index contributed by atoms with van der Waals surface area (Å²) < 4.78 is 51.8. The predicted molar refractivity (Wildman–Crippen MR) is 111 cm³/mol. The highest BCUT2D eigenvalue weighted by molar-refractivity contribution is 5.95. The number of carbonyl (C=O) groups is 1. The SMILES string of the molecule is CN(C)Cc1cccc(-c2nc(O)c(O)c(C(=O)NCc3ccc(C(F)(F)F)c(F)c3)n2)c1. The van der Waals surface area contributed by atoms with Gasteiger partial charge in [-0.25, -0.2) is 9.37 Å². The molecule has 2 aromatic carbocycles. The molecule has 3 N–H and O–H groups in total. The number of benzene rings is 2. The van der Waals surface area contributed by atoms with Crippen molar-refractivity contribution < 1.29 is 32.6 Å². The van der Waals surface area contributed by atoms with Gasteiger partial charge in [-0.05, 0) is 43.4 Å². The Labute approximate surface area is 186 Å². The Balaban J connectivity index is 1.83. The van der Waals surface area contributed by atoms with Gasteiger partial charge in [0.2, 0.25) is 5.75 Å². The summed E-state index contributed by atoms with van der Waals surface area (Å²) in [6, 6.07) is 9.30. The number of aromatic nitrogens is 2. The molecule has 0 aliphatic carbocycles. The van der Waals surface area contributed by atoms with Gasteiger partial charge in [0.1, 0.15) is 5.82 Å². The number of hydrogen-bond donors (Lipinski definition) is 3. The van der Waals surface area contributed by atoms with Crippen molar-refractivity contribution in [2.45, 2.75) is 19.3 Å². The molecule has 11 heteroatoms. The normalized spacial score (nSPS) is 11.6. The van der Waals surface area contributed by atoms with Crippen molar-refractivity contribution in [2.75, 3.05) is 14.1 Å². The van der Waals surface area contributed by atoms with E-state index in [1.165, 1.54) is 0 Å². The van der Waals surface area contributed by atoms with Gasteiger partial charge in [-0.15, -0.1) is 0 Å². The molecule has 7 nitrogen and oxygen atoms in total. The fraction of sp³-hybridized carbons (Fsp3) is 0.227. The van der Waals surface area contributed by atoms with Crippen molar-refractivity contribution in [3.63, 3.8) is 0 Å². The van der Waals surface area contributed by atoms with Crippen molar-refractivity contribution in [3.05, 3.63) is 70.7 Å². The van der Waals surface area contributed by atoms with Crippen molar-refractivity contribution in [1.29, 1.82) is 0 Å². The minimum atomic E-state index is -4.84. The monoisotopic (exact) mass is 464 g/mol. The zero-order chi connectivity index (χ0) is 24.3. The van der Waals surface area contributed by atoms with Crippen molar-refractivity contribution in [2.24, 2.45) is 0 Å². The summed E-state index contributed by atoms with van der Waals surface area (Å²) in [4.78, 5) is 22.3. The lowest BCUT2D eigenvalue weighted by Gasteiger charge is -2.12. The Bertz CT molecular complexity index is 1180. The van der Waals surface area contributed by atoms with Crippen LogP contribution < -0.4 is 5.32 Å². The Morgan fingerprint density at radius 1 is 1.06 bits per heavy atom. The number of halogens is 4. The van der Waals surface area contributed by atoms with Crippen LogP contribution in [0.4, 0.5) is 17.6 Å². The molecule has 0 fully saturated rings. The second-order valence-electron chi connectivity index (χ2n) is 7.50. The van der Waals surface area contributed by atoms with Crippen LogP contribution in [0.5, 0.6) is 11.6 Å². The minimum absolute atomic E-state index is 0.0170. The minimum Gasteiger partial charge on any atom is -0.501 e. The van der Waals surface area contributed by atoms with Gasteiger partial charge in [0, 0.05) is 18.7 Å². The second-order valence-corrected chi connectivity index (χ2v) is 7.50. The van der Waals surface area contributed by atoms with Crippen LogP contribution in [0.3, 0.4) is 0 Å². The fourth-order valence-corrected chi connectivity index (χ4v) is 3.07. The predicted octanol–water partition coefficient (Wildman–Crippen LogP) is 3.70. The number of alkyl halides is 3. The maximum absolute atomic E-state index is 13.7. The van der Waals surface area contributed by atoms with Gasteiger partial charge in [0.15, 0.2) is 11.5 Å². The molecule has 174 valence electrons. The molecule has 1 aromatic heterocycles. The van der Waals surface area contributed by atoms with E-state index in [0.29, 0.717) is 24.2 Å². The van der Waals surface area contributed by atoms with Crippen molar-refractivity contribution >= 4 is 5.91 Å². The standard InChI is InChI=1S/C22H20F4N4O3/c1-30(2)11-13-4-3-5-14(8-13)19-28-17(18(31)21(33)29-19)20(32)27-10-12-6-7-15(16(23)9-12)22(24,25)26/h3-9,31H,10-11H2,1-2H3,(H,27,32)(H,28,29,33). The topological polar surface area (TPSA) is 98.6 Å². The third-order valence-corrected chi connectivity index (χ3v) is 4.56. The van der Waals surface area contributed by atoms with Gasteiger partial charge in [0.05, 0.1) is 5.56 Å².